The quantitative estimate of drug-likeness (QED) is 0.861. The molecule has 1 heterocycles. The van der Waals surface area contributed by atoms with Crippen molar-refractivity contribution in [3.05, 3.63) is 58.9 Å². The van der Waals surface area contributed by atoms with E-state index in [2.05, 4.69) is 23.0 Å². The lowest BCUT2D eigenvalue weighted by atomic mass is 10.2. The maximum absolute atomic E-state index is 5.99. The Balaban J connectivity index is 2.01. The molecule has 0 atom stereocenters. The van der Waals surface area contributed by atoms with Gasteiger partial charge in [0.1, 0.15) is 0 Å². The second kappa shape index (κ2) is 5.85. The molecule has 3 nitrogen and oxygen atoms in total. The van der Waals surface area contributed by atoms with Crippen LogP contribution in [0.2, 0.25) is 5.02 Å². The van der Waals surface area contributed by atoms with E-state index in [0.29, 0.717) is 10.7 Å². The highest BCUT2D eigenvalue weighted by atomic mass is 35.5. The van der Waals surface area contributed by atoms with E-state index in [0.717, 1.165) is 18.7 Å². The van der Waals surface area contributed by atoms with Crippen LogP contribution in [0.1, 0.15) is 11.1 Å². The number of benzene rings is 1. The van der Waals surface area contributed by atoms with Gasteiger partial charge in [-0.2, -0.15) is 0 Å². The smallest absolute Gasteiger partial charge is 0.0429 e. The van der Waals surface area contributed by atoms with Crippen LogP contribution < -0.4 is 5.73 Å². The van der Waals surface area contributed by atoms with Gasteiger partial charge in [-0.25, -0.2) is 0 Å². The minimum atomic E-state index is 0.680. The molecule has 0 bridgehead atoms. The summed E-state index contributed by atoms with van der Waals surface area (Å²) in [6.45, 7) is 1.65. The van der Waals surface area contributed by atoms with Crippen LogP contribution >= 0.6 is 11.6 Å². The molecule has 2 aromatic rings. The molecule has 18 heavy (non-hydrogen) atoms. The van der Waals surface area contributed by atoms with Crippen molar-refractivity contribution in [3.63, 3.8) is 0 Å². The van der Waals surface area contributed by atoms with E-state index in [9.17, 15) is 0 Å². The van der Waals surface area contributed by atoms with Crippen molar-refractivity contribution < 1.29 is 0 Å². The van der Waals surface area contributed by atoms with E-state index in [1.807, 2.05) is 24.4 Å². The van der Waals surface area contributed by atoms with Crippen molar-refractivity contribution in [2.75, 3.05) is 12.8 Å². The number of nitrogen functional groups attached to an aromatic ring is 1. The molecule has 4 heteroatoms. The van der Waals surface area contributed by atoms with Crippen LogP contribution in [0.3, 0.4) is 0 Å². The number of hydrogen-bond donors (Lipinski definition) is 1. The normalized spacial score (nSPS) is 10.8. The molecular formula is C14H16ClN3. The minimum absolute atomic E-state index is 0.680. The molecule has 0 amide bonds. The lowest BCUT2D eigenvalue weighted by Crippen LogP contribution is -2.17. The Bertz CT molecular complexity index is 493. The molecule has 0 fully saturated rings. The summed E-state index contributed by atoms with van der Waals surface area (Å²) in [5.74, 6) is 0. The minimum Gasteiger partial charge on any atom is -0.399 e. The number of halogens is 1. The van der Waals surface area contributed by atoms with Gasteiger partial charge in [0.05, 0.1) is 0 Å². The van der Waals surface area contributed by atoms with E-state index in [1.165, 1.54) is 5.56 Å². The van der Waals surface area contributed by atoms with Gasteiger partial charge < -0.3 is 5.73 Å². The average Bonchev–Trinajstić information content (AvgIpc) is 2.28. The number of rotatable bonds is 4. The van der Waals surface area contributed by atoms with Gasteiger partial charge in [-0.05, 0) is 42.4 Å². The maximum atomic E-state index is 5.99. The molecule has 1 aromatic heterocycles. The van der Waals surface area contributed by atoms with E-state index >= 15 is 0 Å². The molecule has 0 unspecified atom stereocenters. The van der Waals surface area contributed by atoms with Gasteiger partial charge in [-0.15, -0.1) is 0 Å². The lowest BCUT2D eigenvalue weighted by Gasteiger charge is -2.17. The second-order valence-corrected chi connectivity index (χ2v) is 4.86. The Kier molecular flexibility index (Phi) is 4.18. The van der Waals surface area contributed by atoms with Gasteiger partial charge in [-0.1, -0.05) is 17.7 Å². The highest BCUT2D eigenvalue weighted by Gasteiger charge is 2.03. The van der Waals surface area contributed by atoms with Crippen molar-refractivity contribution in [2.24, 2.45) is 0 Å². The molecule has 0 radical (unpaired) electrons. The predicted octanol–water partition coefficient (Wildman–Crippen LogP) is 2.95. The largest absolute Gasteiger partial charge is 0.399 e. The molecule has 94 valence electrons. The molecule has 0 saturated heterocycles. The van der Waals surface area contributed by atoms with E-state index in [1.54, 1.807) is 12.3 Å². The number of nitrogens with two attached hydrogens (primary N) is 1. The Morgan fingerprint density at radius 2 is 2.00 bits per heavy atom. The number of nitrogens with zero attached hydrogens (tertiary/aromatic N) is 2. The summed E-state index contributed by atoms with van der Waals surface area (Å²) in [7, 11) is 2.06. The van der Waals surface area contributed by atoms with Crippen LogP contribution in [-0.2, 0) is 13.1 Å². The Morgan fingerprint density at radius 3 is 2.67 bits per heavy atom. The fourth-order valence-corrected chi connectivity index (χ4v) is 2.20. The Labute approximate surface area is 112 Å². The molecule has 0 aliphatic rings. The molecule has 0 aliphatic carbocycles. The fourth-order valence-electron chi connectivity index (χ4n) is 1.94. The van der Waals surface area contributed by atoms with Crippen LogP contribution in [0.4, 0.5) is 5.69 Å². The highest BCUT2D eigenvalue weighted by Crippen LogP contribution is 2.18. The van der Waals surface area contributed by atoms with Gasteiger partial charge in [0.2, 0.25) is 0 Å². The zero-order valence-electron chi connectivity index (χ0n) is 10.3. The van der Waals surface area contributed by atoms with Gasteiger partial charge in [-0.3, -0.25) is 9.88 Å². The summed E-state index contributed by atoms with van der Waals surface area (Å²) in [5, 5.41) is 0.680. The molecule has 0 saturated carbocycles. The third kappa shape index (κ3) is 3.72. The first-order valence-electron chi connectivity index (χ1n) is 5.76. The van der Waals surface area contributed by atoms with Crippen molar-refractivity contribution in [2.45, 2.75) is 13.1 Å². The predicted molar refractivity (Wildman–Crippen MR) is 75.3 cm³/mol. The second-order valence-electron chi connectivity index (χ2n) is 4.43. The lowest BCUT2D eigenvalue weighted by molar-refractivity contribution is 0.319. The first-order valence-corrected chi connectivity index (χ1v) is 6.13. The van der Waals surface area contributed by atoms with Crippen LogP contribution in [-0.4, -0.2) is 16.9 Å². The molecule has 2 N–H and O–H groups in total. The number of pyridine rings is 1. The van der Waals surface area contributed by atoms with Gasteiger partial charge in [0.15, 0.2) is 0 Å². The summed E-state index contributed by atoms with van der Waals surface area (Å²) in [4.78, 5) is 6.30. The van der Waals surface area contributed by atoms with Crippen molar-refractivity contribution >= 4 is 17.3 Å². The first kappa shape index (κ1) is 12.9. The molecule has 1 aromatic carbocycles. The number of anilines is 1. The Hall–Kier alpha value is -1.58. The van der Waals surface area contributed by atoms with Gasteiger partial charge in [0.25, 0.3) is 0 Å². The third-order valence-electron chi connectivity index (χ3n) is 2.61. The van der Waals surface area contributed by atoms with Crippen molar-refractivity contribution in [1.29, 1.82) is 0 Å². The summed E-state index contributed by atoms with van der Waals surface area (Å²) in [6, 6.07) is 9.66. The summed E-state index contributed by atoms with van der Waals surface area (Å²) < 4.78 is 0. The van der Waals surface area contributed by atoms with Crippen LogP contribution in [0, 0.1) is 0 Å². The standard InChI is InChI=1S/C14H16ClN3/c1-18(9-11-3-2-4-17-8-11)10-12-5-13(15)7-14(16)6-12/h2-8H,9-10,16H2,1H3. The van der Waals surface area contributed by atoms with E-state index < -0.39 is 0 Å². The fraction of sp³-hybridized carbons (Fsp3) is 0.214. The van der Waals surface area contributed by atoms with E-state index in [-0.39, 0.29) is 0 Å². The highest BCUT2D eigenvalue weighted by molar-refractivity contribution is 6.30. The van der Waals surface area contributed by atoms with Crippen LogP contribution in [0.5, 0.6) is 0 Å². The monoisotopic (exact) mass is 261 g/mol. The van der Waals surface area contributed by atoms with Crippen molar-refractivity contribution in [3.8, 4) is 0 Å². The number of aromatic nitrogens is 1. The SMILES string of the molecule is CN(Cc1cccnc1)Cc1cc(N)cc(Cl)c1. The average molecular weight is 262 g/mol. The van der Waals surface area contributed by atoms with E-state index in [4.69, 9.17) is 17.3 Å². The molecule has 0 aliphatic heterocycles. The zero-order chi connectivity index (χ0) is 13.0. The van der Waals surface area contributed by atoms with Crippen LogP contribution in [0.15, 0.2) is 42.7 Å². The maximum Gasteiger partial charge on any atom is 0.0429 e. The molecule has 2 rings (SSSR count). The summed E-state index contributed by atoms with van der Waals surface area (Å²) >= 11 is 5.99. The molecular weight excluding hydrogens is 246 g/mol. The van der Waals surface area contributed by atoms with Gasteiger partial charge in [0, 0.05) is 36.2 Å². The zero-order valence-corrected chi connectivity index (χ0v) is 11.1. The topological polar surface area (TPSA) is 42.2 Å². The molecule has 0 spiro atoms. The summed E-state index contributed by atoms with van der Waals surface area (Å²) in [5.41, 5.74) is 8.78. The van der Waals surface area contributed by atoms with Crippen LogP contribution in [0.25, 0.3) is 0 Å². The third-order valence-corrected chi connectivity index (χ3v) is 2.83. The number of hydrogen-bond acceptors (Lipinski definition) is 3. The summed E-state index contributed by atoms with van der Waals surface area (Å²) in [6.07, 6.45) is 3.66. The van der Waals surface area contributed by atoms with Gasteiger partial charge >= 0.3 is 0 Å². The first-order chi connectivity index (χ1) is 8.63. The Morgan fingerprint density at radius 1 is 1.22 bits per heavy atom. The van der Waals surface area contributed by atoms with Crippen molar-refractivity contribution in [1.82, 2.24) is 9.88 Å².